The first-order chi connectivity index (χ1) is 17.0. The summed E-state index contributed by atoms with van der Waals surface area (Å²) >= 11 is 1.41. The Morgan fingerprint density at radius 2 is 2.23 bits per heavy atom. The van der Waals surface area contributed by atoms with Crippen LogP contribution < -0.4 is 16.0 Å². The lowest BCUT2D eigenvalue weighted by molar-refractivity contribution is -0.118. The van der Waals surface area contributed by atoms with Gasteiger partial charge in [0.15, 0.2) is 5.65 Å². The number of rotatable bonds is 7. The molecule has 3 aliphatic rings. The van der Waals surface area contributed by atoms with Gasteiger partial charge in [0, 0.05) is 36.5 Å². The van der Waals surface area contributed by atoms with Gasteiger partial charge in [-0.05, 0) is 49.5 Å². The SMILES string of the molecule is C=C1NC(=O)C/C1=C\c1cnn2c(NC3CC3)cc(-c3ccc(C(=O)NC[C@H]4CCCO4)s3)nc12. The maximum absolute atomic E-state index is 12.7. The van der Waals surface area contributed by atoms with Gasteiger partial charge in [-0.3, -0.25) is 9.59 Å². The number of carbonyl (C=O) groups is 2. The quantitative estimate of drug-likeness (QED) is 0.469. The van der Waals surface area contributed by atoms with E-state index in [4.69, 9.17) is 9.72 Å². The minimum Gasteiger partial charge on any atom is -0.376 e. The van der Waals surface area contributed by atoms with Crippen LogP contribution in [0.5, 0.6) is 0 Å². The van der Waals surface area contributed by atoms with Crippen LogP contribution in [0.4, 0.5) is 5.82 Å². The van der Waals surface area contributed by atoms with Crippen molar-refractivity contribution in [3.63, 3.8) is 0 Å². The second kappa shape index (κ2) is 8.94. The first-order valence-electron chi connectivity index (χ1n) is 11.9. The zero-order valence-electron chi connectivity index (χ0n) is 19.2. The summed E-state index contributed by atoms with van der Waals surface area (Å²) in [7, 11) is 0. The van der Waals surface area contributed by atoms with Crippen molar-refractivity contribution in [1.29, 1.82) is 0 Å². The predicted octanol–water partition coefficient (Wildman–Crippen LogP) is 3.36. The third-order valence-corrected chi connectivity index (χ3v) is 7.49. The van der Waals surface area contributed by atoms with E-state index in [1.807, 2.05) is 24.3 Å². The summed E-state index contributed by atoms with van der Waals surface area (Å²) in [6, 6.07) is 6.18. The van der Waals surface area contributed by atoms with Crippen molar-refractivity contribution in [3.05, 3.63) is 52.7 Å². The highest BCUT2D eigenvalue weighted by Gasteiger charge is 2.25. The summed E-state index contributed by atoms with van der Waals surface area (Å²) < 4.78 is 7.39. The Hall–Kier alpha value is -3.50. The number of hydrogen-bond donors (Lipinski definition) is 3. The lowest BCUT2D eigenvalue weighted by Gasteiger charge is -2.10. The fourth-order valence-corrected chi connectivity index (χ4v) is 5.23. The molecular formula is C25H26N6O3S. The topological polar surface area (TPSA) is 110 Å². The Kier molecular flexibility index (Phi) is 5.62. The number of aromatic nitrogens is 3. The van der Waals surface area contributed by atoms with E-state index in [0.717, 1.165) is 59.8 Å². The molecule has 35 heavy (non-hydrogen) atoms. The van der Waals surface area contributed by atoms with E-state index < -0.39 is 0 Å². The summed E-state index contributed by atoms with van der Waals surface area (Å²) in [6.07, 6.45) is 8.34. The van der Waals surface area contributed by atoms with Gasteiger partial charge in [0.1, 0.15) is 5.82 Å². The highest BCUT2D eigenvalue weighted by Crippen LogP contribution is 2.33. The molecule has 0 unspecified atom stereocenters. The number of hydrogen-bond acceptors (Lipinski definition) is 7. The highest BCUT2D eigenvalue weighted by molar-refractivity contribution is 7.17. The van der Waals surface area contributed by atoms with Gasteiger partial charge in [0.05, 0.1) is 34.2 Å². The predicted molar refractivity (Wildman–Crippen MR) is 134 cm³/mol. The normalized spacial score (nSPS) is 21.1. The summed E-state index contributed by atoms with van der Waals surface area (Å²) in [5, 5.41) is 13.8. The minimum absolute atomic E-state index is 0.0636. The maximum atomic E-state index is 12.7. The molecule has 3 aromatic rings. The van der Waals surface area contributed by atoms with Gasteiger partial charge in [-0.15, -0.1) is 11.3 Å². The minimum atomic E-state index is -0.0964. The number of carbonyl (C=O) groups excluding carboxylic acids is 2. The van der Waals surface area contributed by atoms with Crippen LogP contribution in [-0.2, 0) is 9.53 Å². The average Bonchev–Trinajstić information content (AvgIpc) is 3.28. The molecule has 0 aromatic carbocycles. The Morgan fingerprint density at radius 1 is 1.34 bits per heavy atom. The van der Waals surface area contributed by atoms with Crippen LogP contribution in [0.25, 0.3) is 22.3 Å². The fraction of sp³-hybridized carbons (Fsp3) is 0.360. The van der Waals surface area contributed by atoms with Gasteiger partial charge in [0.25, 0.3) is 5.91 Å². The van der Waals surface area contributed by atoms with E-state index in [1.54, 1.807) is 10.7 Å². The van der Waals surface area contributed by atoms with Crippen molar-refractivity contribution in [2.75, 3.05) is 18.5 Å². The van der Waals surface area contributed by atoms with Crippen LogP contribution >= 0.6 is 11.3 Å². The number of thiophene rings is 1. The van der Waals surface area contributed by atoms with E-state index >= 15 is 0 Å². The molecule has 180 valence electrons. The molecule has 2 saturated heterocycles. The van der Waals surface area contributed by atoms with Crippen LogP contribution in [0.3, 0.4) is 0 Å². The smallest absolute Gasteiger partial charge is 0.261 e. The molecule has 5 heterocycles. The van der Waals surface area contributed by atoms with E-state index in [-0.39, 0.29) is 17.9 Å². The monoisotopic (exact) mass is 490 g/mol. The Morgan fingerprint density at radius 3 is 2.97 bits per heavy atom. The maximum Gasteiger partial charge on any atom is 0.261 e. The molecule has 1 saturated carbocycles. The zero-order valence-corrected chi connectivity index (χ0v) is 20.0. The van der Waals surface area contributed by atoms with E-state index in [0.29, 0.717) is 35.2 Å². The second-order valence-electron chi connectivity index (χ2n) is 9.16. The van der Waals surface area contributed by atoms with E-state index in [9.17, 15) is 9.59 Å². The van der Waals surface area contributed by atoms with Crippen molar-refractivity contribution in [3.8, 4) is 10.6 Å². The molecule has 9 nitrogen and oxygen atoms in total. The molecular weight excluding hydrogens is 464 g/mol. The molecule has 0 spiro atoms. The van der Waals surface area contributed by atoms with Crippen LogP contribution in [-0.4, -0.2) is 51.7 Å². The van der Waals surface area contributed by atoms with E-state index in [2.05, 4.69) is 27.6 Å². The third-order valence-electron chi connectivity index (χ3n) is 6.38. The van der Waals surface area contributed by atoms with Gasteiger partial charge in [-0.1, -0.05) is 6.58 Å². The van der Waals surface area contributed by atoms with Crippen molar-refractivity contribution >= 4 is 40.7 Å². The molecule has 2 amide bonds. The third kappa shape index (κ3) is 4.59. The average molecular weight is 491 g/mol. The lowest BCUT2D eigenvalue weighted by Crippen LogP contribution is -2.31. The molecule has 0 bridgehead atoms. The van der Waals surface area contributed by atoms with E-state index in [1.165, 1.54) is 11.3 Å². The van der Waals surface area contributed by atoms with Gasteiger partial charge < -0.3 is 20.7 Å². The van der Waals surface area contributed by atoms with Crippen molar-refractivity contribution in [2.24, 2.45) is 0 Å². The molecule has 3 N–H and O–H groups in total. The Labute approximate surface area is 206 Å². The van der Waals surface area contributed by atoms with Crippen molar-refractivity contribution < 1.29 is 14.3 Å². The Bertz CT molecular complexity index is 1360. The molecule has 10 heteroatoms. The molecule has 6 rings (SSSR count). The second-order valence-corrected chi connectivity index (χ2v) is 10.2. The Balaban J connectivity index is 1.31. The highest BCUT2D eigenvalue weighted by atomic mass is 32.1. The van der Waals surface area contributed by atoms with Crippen LogP contribution in [0.15, 0.2) is 42.2 Å². The number of nitrogens with zero attached hydrogens (tertiary/aromatic N) is 3. The van der Waals surface area contributed by atoms with Gasteiger partial charge in [0.2, 0.25) is 5.91 Å². The molecule has 3 aromatic heterocycles. The first-order valence-corrected chi connectivity index (χ1v) is 12.7. The van der Waals surface area contributed by atoms with Gasteiger partial charge >= 0.3 is 0 Å². The molecule has 1 atom stereocenters. The molecule has 2 aliphatic heterocycles. The van der Waals surface area contributed by atoms with Crippen LogP contribution in [0.2, 0.25) is 0 Å². The zero-order chi connectivity index (χ0) is 23.9. The summed E-state index contributed by atoms with van der Waals surface area (Å²) in [6.45, 7) is 5.23. The molecule has 1 aliphatic carbocycles. The standard InChI is InChI=1S/C25H26N6O3S/c1-14-15(10-23(32)28-14)9-16-12-27-31-22(29-17-4-5-17)11-19(30-24(16)31)20-6-7-21(35-20)25(33)26-13-18-3-2-8-34-18/h6-7,9,11-12,17-18,29H,1-5,8,10,13H2,(H,26,33)(H,28,32)/b15-9+/t18-/m1/s1. The van der Waals surface area contributed by atoms with Crippen LogP contribution in [0.1, 0.15) is 47.3 Å². The number of nitrogens with one attached hydrogen (secondary N) is 3. The first kappa shape index (κ1) is 22.0. The van der Waals surface area contributed by atoms with Crippen molar-refractivity contribution in [1.82, 2.24) is 25.2 Å². The summed E-state index contributed by atoms with van der Waals surface area (Å²) in [4.78, 5) is 30.9. The van der Waals surface area contributed by atoms with Crippen LogP contribution in [0, 0.1) is 0 Å². The fourth-order valence-electron chi connectivity index (χ4n) is 4.34. The largest absolute Gasteiger partial charge is 0.376 e. The number of anilines is 1. The molecule has 0 radical (unpaired) electrons. The summed E-state index contributed by atoms with van der Waals surface area (Å²) in [5.74, 6) is 0.696. The lowest BCUT2D eigenvalue weighted by atomic mass is 10.1. The van der Waals surface area contributed by atoms with Gasteiger partial charge in [-0.2, -0.15) is 9.61 Å². The van der Waals surface area contributed by atoms with Crippen molar-refractivity contribution in [2.45, 2.75) is 44.2 Å². The number of ether oxygens (including phenoxy) is 1. The number of allylic oxidation sites excluding steroid dienone is 1. The number of amides is 2. The molecule has 3 fully saturated rings. The number of fused-ring (bicyclic) bond motifs is 1. The van der Waals surface area contributed by atoms with Gasteiger partial charge in [-0.25, -0.2) is 4.98 Å². The summed E-state index contributed by atoms with van der Waals surface area (Å²) in [5.41, 5.74) is 3.70.